The molecule has 2 aliphatic rings. The van der Waals surface area contributed by atoms with Crippen molar-refractivity contribution in [2.45, 2.75) is 38.0 Å². The first-order valence-electron chi connectivity index (χ1n) is 9.55. The summed E-state index contributed by atoms with van der Waals surface area (Å²) in [5.74, 6) is 0.323. The summed E-state index contributed by atoms with van der Waals surface area (Å²) < 4.78 is 0. The van der Waals surface area contributed by atoms with Crippen molar-refractivity contribution in [1.29, 1.82) is 0 Å². The number of hydrogen-bond donors (Lipinski definition) is 2. The van der Waals surface area contributed by atoms with Crippen LogP contribution in [-0.4, -0.2) is 36.4 Å². The van der Waals surface area contributed by atoms with Gasteiger partial charge in [-0.2, -0.15) is 0 Å². The van der Waals surface area contributed by atoms with E-state index >= 15 is 0 Å². The van der Waals surface area contributed by atoms with E-state index in [4.69, 9.17) is 0 Å². The highest BCUT2D eigenvalue weighted by molar-refractivity contribution is 7.15. The second kappa shape index (κ2) is 8.19. The van der Waals surface area contributed by atoms with Gasteiger partial charge in [-0.05, 0) is 56.3 Å². The summed E-state index contributed by atoms with van der Waals surface area (Å²) in [6, 6.07) is 7.84. The molecule has 0 radical (unpaired) electrons. The molecule has 0 spiro atoms. The van der Waals surface area contributed by atoms with Gasteiger partial charge in [-0.25, -0.2) is 4.98 Å². The third-order valence-corrected chi connectivity index (χ3v) is 6.31. The SMILES string of the molecule is O=C(CN1C(=O)CCCc2ccccc21)Nc1ncc(C2CCNCC2)s1. The van der Waals surface area contributed by atoms with Gasteiger partial charge in [0.05, 0.1) is 0 Å². The maximum atomic E-state index is 12.6. The number of amides is 2. The number of hydrogen-bond acceptors (Lipinski definition) is 5. The quantitative estimate of drug-likeness (QED) is 0.850. The topological polar surface area (TPSA) is 74.3 Å². The minimum Gasteiger partial charge on any atom is -0.317 e. The van der Waals surface area contributed by atoms with E-state index < -0.39 is 0 Å². The maximum absolute atomic E-state index is 12.6. The Kier molecular flexibility index (Phi) is 5.50. The van der Waals surface area contributed by atoms with Crippen LogP contribution in [0.15, 0.2) is 30.5 Å². The summed E-state index contributed by atoms with van der Waals surface area (Å²) in [5, 5.41) is 6.86. The van der Waals surface area contributed by atoms with E-state index in [1.165, 1.54) is 4.88 Å². The number of rotatable bonds is 4. The van der Waals surface area contributed by atoms with Gasteiger partial charge in [0.1, 0.15) is 6.54 Å². The molecule has 142 valence electrons. The van der Waals surface area contributed by atoms with Crippen LogP contribution in [0, 0.1) is 0 Å². The van der Waals surface area contributed by atoms with Crippen molar-refractivity contribution >= 4 is 34.0 Å². The third-order valence-electron chi connectivity index (χ3n) is 5.23. The number of anilines is 2. The molecule has 2 N–H and O–H groups in total. The van der Waals surface area contributed by atoms with Gasteiger partial charge in [-0.3, -0.25) is 9.59 Å². The molecule has 7 heteroatoms. The highest BCUT2D eigenvalue weighted by Crippen LogP contribution is 2.32. The molecule has 0 aliphatic carbocycles. The normalized spacial score (nSPS) is 18.1. The predicted octanol–water partition coefficient (Wildman–Crippen LogP) is 2.92. The number of aromatic nitrogens is 1. The molecule has 2 amide bonds. The second-order valence-corrected chi connectivity index (χ2v) is 8.16. The fourth-order valence-corrected chi connectivity index (χ4v) is 4.80. The molecule has 1 fully saturated rings. The van der Waals surface area contributed by atoms with Crippen LogP contribution >= 0.6 is 11.3 Å². The fourth-order valence-electron chi connectivity index (χ4n) is 3.80. The molecule has 0 unspecified atom stereocenters. The summed E-state index contributed by atoms with van der Waals surface area (Å²) in [6.45, 7) is 2.08. The van der Waals surface area contributed by atoms with Gasteiger partial charge in [-0.15, -0.1) is 11.3 Å². The Hall–Kier alpha value is -2.25. The standard InChI is InChI=1S/C20H24N4O2S/c25-18(23-20-22-12-17(27-20)15-8-10-21-11-9-15)13-24-16-6-2-1-4-14(16)5-3-7-19(24)26/h1-2,4,6,12,15,21H,3,5,7-11,13H2,(H,22,23,25). The summed E-state index contributed by atoms with van der Waals surface area (Å²) >= 11 is 1.55. The number of nitrogens with one attached hydrogen (secondary N) is 2. The van der Waals surface area contributed by atoms with E-state index in [1.807, 2.05) is 30.5 Å². The molecule has 0 bridgehead atoms. The zero-order chi connectivity index (χ0) is 18.6. The molecular formula is C20H24N4O2S. The lowest BCUT2D eigenvalue weighted by molar-refractivity contribution is -0.121. The predicted molar refractivity (Wildman–Crippen MR) is 107 cm³/mol. The van der Waals surface area contributed by atoms with Crippen molar-refractivity contribution in [2.75, 3.05) is 29.9 Å². The van der Waals surface area contributed by atoms with Crippen molar-refractivity contribution in [3.05, 3.63) is 40.9 Å². The van der Waals surface area contributed by atoms with Gasteiger partial charge in [0.2, 0.25) is 11.8 Å². The molecule has 0 saturated carbocycles. The number of aryl methyl sites for hydroxylation is 1. The minimum atomic E-state index is -0.203. The number of benzene rings is 1. The van der Waals surface area contributed by atoms with Gasteiger partial charge >= 0.3 is 0 Å². The molecule has 4 rings (SSSR count). The van der Waals surface area contributed by atoms with E-state index in [9.17, 15) is 9.59 Å². The van der Waals surface area contributed by atoms with E-state index in [-0.39, 0.29) is 18.4 Å². The van der Waals surface area contributed by atoms with Crippen LogP contribution in [0.3, 0.4) is 0 Å². The van der Waals surface area contributed by atoms with E-state index in [1.54, 1.807) is 16.2 Å². The molecule has 1 saturated heterocycles. The molecule has 0 atom stereocenters. The summed E-state index contributed by atoms with van der Waals surface area (Å²) in [6.07, 6.45) is 6.25. The van der Waals surface area contributed by atoms with E-state index in [0.717, 1.165) is 50.0 Å². The molecule has 1 aromatic carbocycles. The number of thiazole rings is 1. The number of para-hydroxylation sites is 1. The molecule has 6 nitrogen and oxygen atoms in total. The summed E-state index contributed by atoms with van der Waals surface area (Å²) in [4.78, 5) is 32.3. The number of piperidine rings is 1. The fraction of sp³-hybridized carbons (Fsp3) is 0.450. The van der Waals surface area contributed by atoms with Gasteiger partial charge in [0, 0.05) is 23.2 Å². The van der Waals surface area contributed by atoms with Crippen LogP contribution in [0.4, 0.5) is 10.8 Å². The Morgan fingerprint density at radius 3 is 2.93 bits per heavy atom. The van der Waals surface area contributed by atoms with Gasteiger partial charge in [0.15, 0.2) is 5.13 Å². The first kappa shape index (κ1) is 18.1. The molecule has 27 heavy (non-hydrogen) atoms. The average molecular weight is 385 g/mol. The highest BCUT2D eigenvalue weighted by atomic mass is 32.1. The van der Waals surface area contributed by atoms with E-state index in [2.05, 4.69) is 15.6 Å². The number of nitrogens with zero attached hydrogens (tertiary/aromatic N) is 2. The molecule has 2 aromatic rings. The zero-order valence-corrected chi connectivity index (χ0v) is 16.1. The van der Waals surface area contributed by atoms with E-state index in [0.29, 0.717) is 17.5 Å². The minimum absolute atomic E-state index is 0.00429. The maximum Gasteiger partial charge on any atom is 0.246 e. The average Bonchev–Trinajstić information content (AvgIpc) is 3.09. The van der Waals surface area contributed by atoms with Crippen molar-refractivity contribution < 1.29 is 9.59 Å². The molecule has 3 heterocycles. The molecular weight excluding hydrogens is 360 g/mol. The lowest BCUT2D eigenvalue weighted by Crippen LogP contribution is -2.37. The Morgan fingerprint density at radius 1 is 1.26 bits per heavy atom. The Bertz CT molecular complexity index is 829. The lowest BCUT2D eigenvalue weighted by Gasteiger charge is -2.22. The van der Waals surface area contributed by atoms with Crippen molar-refractivity contribution in [3.63, 3.8) is 0 Å². The van der Waals surface area contributed by atoms with Crippen LogP contribution in [-0.2, 0) is 16.0 Å². The second-order valence-electron chi connectivity index (χ2n) is 7.10. The van der Waals surface area contributed by atoms with Crippen molar-refractivity contribution in [2.24, 2.45) is 0 Å². The summed E-state index contributed by atoms with van der Waals surface area (Å²) in [7, 11) is 0. The first-order chi connectivity index (χ1) is 13.2. The van der Waals surface area contributed by atoms with Crippen LogP contribution in [0.25, 0.3) is 0 Å². The Balaban J connectivity index is 1.43. The summed E-state index contributed by atoms with van der Waals surface area (Å²) in [5.41, 5.74) is 1.98. The van der Waals surface area contributed by atoms with Crippen LogP contribution in [0.2, 0.25) is 0 Å². The van der Waals surface area contributed by atoms with Crippen molar-refractivity contribution in [3.8, 4) is 0 Å². The largest absolute Gasteiger partial charge is 0.317 e. The molecule has 1 aromatic heterocycles. The van der Waals surface area contributed by atoms with Gasteiger partial charge < -0.3 is 15.5 Å². The molecule has 2 aliphatic heterocycles. The Morgan fingerprint density at radius 2 is 2.07 bits per heavy atom. The highest BCUT2D eigenvalue weighted by Gasteiger charge is 2.24. The third kappa shape index (κ3) is 4.20. The zero-order valence-electron chi connectivity index (χ0n) is 15.2. The monoisotopic (exact) mass is 384 g/mol. The number of carbonyl (C=O) groups is 2. The van der Waals surface area contributed by atoms with Crippen LogP contribution in [0.5, 0.6) is 0 Å². The lowest BCUT2D eigenvalue weighted by atomic mass is 9.97. The van der Waals surface area contributed by atoms with Gasteiger partial charge in [-0.1, -0.05) is 18.2 Å². The van der Waals surface area contributed by atoms with Gasteiger partial charge in [0.25, 0.3) is 0 Å². The number of carbonyl (C=O) groups excluding carboxylic acids is 2. The smallest absolute Gasteiger partial charge is 0.246 e. The van der Waals surface area contributed by atoms with Crippen LogP contribution < -0.4 is 15.5 Å². The van der Waals surface area contributed by atoms with Crippen LogP contribution in [0.1, 0.15) is 42.0 Å². The Labute approximate surface area is 163 Å². The first-order valence-corrected chi connectivity index (χ1v) is 10.4. The van der Waals surface area contributed by atoms with Crippen molar-refractivity contribution in [1.82, 2.24) is 10.3 Å². The number of fused-ring (bicyclic) bond motifs is 1.